The fourth-order valence-corrected chi connectivity index (χ4v) is 2.96. The summed E-state index contributed by atoms with van der Waals surface area (Å²) in [7, 11) is 0. The minimum absolute atomic E-state index is 0.659. The summed E-state index contributed by atoms with van der Waals surface area (Å²) in [6, 6.07) is 24.7. The monoisotopic (exact) mass is 363 g/mol. The number of fused-ring (bicyclic) bond motifs is 1. The topological polar surface area (TPSA) is 26.0 Å². The Hall–Kier alpha value is -2.39. The number of rotatable bonds is 3. The summed E-state index contributed by atoms with van der Waals surface area (Å²) in [6.45, 7) is 0. The van der Waals surface area contributed by atoms with E-state index in [1.54, 1.807) is 0 Å². The Morgan fingerprint density at radius 1 is 0.783 bits per heavy atom. The molecule has 2 nitrogen and oxygen atoms in total. The van der Waals surface area contributed by atoms with Gasteiger partial charge in [-0.05, 0) is 41.0 Å². The number of aromatic nitrogens is 1. The standard InChI is InChI=1S/C20H14BrNO/c21-13-14-6-11-18-19(12-14)23-20(22-18)17-9-7-16(8-10-17)15-4-2-1-3-5-15/h1-12H,13H2. The molecule has 0 saturated heterocycles. The van der Waals surface area contributed by atoms with Crippen molar-refractivity contribution in [1.29, 1.82) is 0 Å². The van der Waals surface area contributed by atoms with Gasteiger partial charge >= 0.3 is 0 Å². The number of oxazole rings is 1. The van der Waals surface area contributed by atoms with E-state index in [9.17, 15) is 0 Å². The van der Waals surface area contributed by atoms with E-state index in [1.807, 2.05) is 30.3 Å². The van der Waals surface area contributed by atoms with Gasteiger partial charge in [-0.1, -0.05) is 64.5 Å². The van der Waals surface area contributed by atoms with Crippen molar-refractivity contribution < 1.29 is 4.42 Å². The fourth-order valence-electron chi connectivity index (χ4n) is 2.61. The minimum atomic E-state index is 0.659. The van der Waals surface area contributed by atoms with Crippen molar-refractivity contribution in [2.24, 2.45) is 0 Å². The smallest absolute Gasteiger partial charge is 0.227 e. The summed E-state index contributed by atoms with van der Waals surface area (Å²) < 4.78 is 5.91. The lowest BCUT2D eigenvalue weighted by atomic mass is 10.0. The lowest BCUT2D eigenvalue weighted by Crippen LogP contribution is -1.80. The van der Waals surface area contributed by atoms with Crippen molar-refractivity contribution >= 4 is 27.0 Å². The molecule has 0 N–H and O–H groups in total. The van der Waals surface area contributed by atoms with Gasteiger partial charge in [0.1, 0.15) is 5.52 Å². The van der Waals surface area contributed by atoms with E-state index in [2.05, 4.69) is 63.4 Å². The molecule has 4 aromatic rings. The number of hydrogen-bond acceptors (Lipinski definition) is 2. The Balaban J connectivity index is 1.70. The summed E-state index contributed by atoms with van der Waals surface area (Å²) in [5, 5.41) is 0.810. The molecule has 0 atom stereocenters. The molecule has 23 heavy (non-hydrogen) atoms. The highest BCUT2D eigenvalue weighted by Crippen LogP contribution is 2.27. The molecule has 0 bridgehead atoms. The first kappa shape index (κ1) is 14.2. The van der Waals surface area contributed by atoms with Crippen LogP contribution in [0.3, 0.4) is 0 Å². The Morgan fingerprint density at radius 3 is 2.22 bits per heavy atom. The molecule has 0 fully saturated rings. The van der Waals surface area contributed by atoms with Gasteiger partial charge in [0.15, 0.2) is 5.58 Å². The predicted octanol–water partition coefficient (Wildman–Crippen LogP) is 6.06. The first-order valence-corrected chi connectivity index (χ1v) is 8.57. The highest BCUT2D eigenvalue weighted by atomic mass is 79.9. The molecule has 4 rings (SSSR count). The van der Waals surface area contributed by atoms with Gasteiger partial charge in [0.2, 0.25) is 5.89 Å². The summed E-state index contributed by atoms with van der Waals surface area (Å²) in [6.07, 6.45) is 0. The highest BCUT2D eigenvalue weighted by Gasteiger charge is 2.09. The Kier molecular flexibility index (Phi) is 3.72. The van der Waals surface area contributed by atoms with Crippen molar-refractivity contribution in [3.05, 3.63) is 78.4 Å². The van der Waals surface area contributed by atoms with Crippen LogP contribution in [0.4, 0.5) is 0 Å². The van der Waals surface area contributed by atoms with Gasteiger partial charge in [0, 0.05) is 10.9 Å². The van der Waals surface area contributed by atoms with E-state index in [4.69, 9.17) is 4.42 Å². The average molecular weight is 364 g/mol. The Morgan fingerprint density at radius 2 is 1.48 bits per heavy atom. The molecule has 0 radical (unpaired) electrons. The number of alkyl halides is 1. The van der Waals surface area contributed by atoms with Crippen LogP contribution in [-0.4, -0.2) is 4.98 Å². The maximum absolute atomic E-state index is 5.91. The summed E-state index contributed by atoms with van der Waals surface area (Å²) in [4.78, 5) is 4.58. The van der Waals surface area contributed by atoms with Crippen LogP contribution in [0.2, 0.25) is 0 Å². The van der Waals surface area contributed by atoms with Gasteiger partial charge in [0.05, 0.1) is 0 Å². The lowest BCUT2D eigenvalue weighted by Gasteiger charge is -2.02. The first-order chi connectivity index (χ1) is 11.3. The van der Waals surface area contributed by atoms with Crippen molar-refractivity contribution in [2.75, 3.05) is 0 Å². The zero-order chi connectivity index (χ0) is 15.6. The van der Waals surface area contributed by atoms with Crippen LogP contribution in [-0.2, 0) is 5.33 Å². The molecular weight excluding hydrogens is 350 g/mol. The summed E-state index contributed by atoms with van der Waals surface area (Å²) >= 11 is 3.46. The number of nitrogens with zero attached hydrogens (tertiary/aromatic N) is 1. The normalized spacial score (nSPS) is 11.0. The third kappa shape index (κ3) is 2.80. The van der Waals surface area contributed by atoms with Crippen molar-refractivity contribution in [3.8, 4) is 22.6 Å². The van der Waals surface area contributed by atoms with Crippen LogP contribution in [0, 0.1) is 0 Å². The van der Waals surface area contributed by atoms with Gasteiger partial charge < -0.3 is 4.42 Å². The average Bonchev–Trinajstić information content (AvgIpc) is 3.05. The zero-order valence-electron chi connectivity index (χ0n) is 12.4. The van der Waals surface area contributed by atoms with Gasteiger partial charge in [-0.15, -0.1) is 0 Å². The Labute approximate surface area is 142 Å². The molecule has 0 amide bonds. The number of hydrogen-bond donors (Lipinski definition) is 0. The molecule has 0 saturated carbocycles. The lowest BCUT2D eigenvalue weighted by molar-refractivity contribution is 0.619. The van der Waals surface area contributed by atoms with Gasteiger partial charge in [-0.25, -0.2) is 4.98 Å². The van der Waals surface area contributed by atoms with Crippen molar-refractivity contribution in [2.45, 2.75) is 5.33 Å². The van der Waals surface area contributed by atoms with Gasteiger partial charge in [-0.3, -0.25) is 0 Å². The minimum Gasteiger partial charge on any atom is -0.436 e. The first-order valence-electron chi connectivity index (χ1n) is 7.45. The molecule has 1 aromatic heterocycles. The molecule has 3 aromatic carbocycles. The van der Waals surface area contributed by atoms with Crippen LogP contribution >= 0.6 is 15.9 Å². The quantitative estimate of drug-likeness (QED) is 0.413. The summed E-state index contributed by atoms with van der Waals surface area (Å²) in [5.41, 5.74) is 6.27. The molecule has 0 spiro atoms. The number of halogens is 1. The van der Waals surface area contributed by atoms with E-state index < -0.39 is 0 Å². The molecular formula is C20H14BrNO. The van der Waals surface area contributed by atoms with Gasteiger partial charge in [-0.2, -0.15) is 0 Å². The molecule has 112 valence electrons. The third-order valence-electron chi connectivity index (χ3n) is 3.85. The summed E-state index contributed by atoms with van der Waals surface area (Å²) in [5.74, 6) is 0.659. The SMILES string of the molecule is BrCc1ccc2nc(-c3ccc(-c4ccccc4)cc3)oc2c1. The van der Waals surface area contributed by atoms with Crippen molar-refractivity contribution in [3.63, 3.8) is 0 Å². The zero-order valence-corrected chi connectivity index (χ0v) is 14.0. The van der Waals surface area contributed by atoms with Crippen molar-refractivity contribution in [1.82, 2.24) is 4.98 Å². The molecule has 0 unspecified atom stereocenters. The van der Waals surface area contributed by atoms with E-state index in [0.717, 1.165) is 22.0 Å². The highest BCUT2D eigenvalue weighted by molar-refractivity contribution is 9.08. The van der Waals surface area contributed by atoms with Gasteiger partial charge in [0.25, 0.3) is 0 Å². The van der Waals surface area contributed by atoms with Crippen LogP contribution in [0.1, 0.15) is 5.56 Å². The molecule has 0 aliphatic heterocycles. The van der Waals surface area contributed by atoms with E-state index in [0.29, 0.717) is 5.89 Å². The fraction of sp³-hybridized carbons (Fsp3) is 0.0500. The Bertz CT molecular complexity index is 942. The second kappa shape index (κ2) is 6.01. The molecule has 3 heteroatoms. The second-order valence-electron chi connectivity index (χ2n) is 5.40. The molecule has 0 aliphatic rings. The maximum atomic E-state index is 5.91. The maximum Gasteiger partial charge on any atom is 0.227 e. The van der Waals surface area contributed by atoms with E-state index >= 15 is 0 Å². The van der Waals surface area contributed by atoms with Crippen LogP contribution in [0.25, 0.3) is 33.7 Å². The van der Waals surface area contributed by atoms with Crippen LogP contribution in [0.5, 0.6) is 0 Å². The predicted molar refractivity (Wildman–Crippen MR) is 97.5 cm³/mol. The van der Waals surface area contributed by atoms with E-state index in [1.165, 1.54) is 16.7 Å². The third-order valence-corrected chi connectivity index (χ3v) is 4.49. The molecule has 0 aliphatic carbocycles. The van der Waals surface area contributed by atoms with E-state index in [-0.39, 0.29) is 0 Å². The van der Waals surface area contributed by atoms with Crippen LogP contribution in [0.15, 0.2) is 77.2 Å². The van der Waals surface area contributed by atoms with Crippen LogP contribution < -0.4 is 0 Å². The second-order valence-corrected chi connectivity index (χ2v) is 5.96. The number of benzene rings is 3. The largest absolute Gasteiger partial charge is 0.436 e. The molecule has 1 heterocycles.